The third kappa shape index (κ3) is 4.96. The Labute approximate surface area is 120 Å². The van der Waals surface area contributed by atoms with Gasteiger partial charge in [-0.2, -0.15) is 0 Å². The van der Waals surface area contributed by atoms with Crippen LogP contribution in [-0.4, -0.2) is 46.2 Å². The second kappa shape index (κ2) is 8.74. The molecule has 1 aliphatic heterocycles. The number of rotatable bonds is 5. The topological polar surface area (TPSA) is 52.1 Å². The van der Waals surface area contributed by atoms with E-state index < -0.39 is 0 Å². The van der Waals surface area contributed by atoms with Crippen molar-refractivity contribution in [2.24, 2.45) is 5.16 Å². The molecule has 1 aliphatic rings. The first-order chi connectivity index (χ1) is 9.90. The molecule has 0 aromatic heterocycles. The lowest BCUT2D eigenvalue weighted by atomic mass is 9.80. The number of oxime groups is 1. The van der Waals surface area contributed by atoms with Crippen LogP contribution in [-0.2, 0) is 14.1 Å². The number of hydrogen-bond donors (Lipinski definition) is 1. The van der Waals surface area contributed by atoms with Gasteiger partial charge in [0, 0.05) is 26.3 Å². The van der Waals surface area contributed by atoms with Crippen LogP contribution in [0.5, 0.6) is 0 Å². The molecule has 5 nitrogen and oxygen atoms in total. The largest absolute Gasteiger partial charge is 0.457 e. The molecule has 2 rings (SSSR count). The maximum Gasteiger partial charge on any atom is 0.457 e. The van der Waals surface area contributed by atoms with Gasteiger partial charge in [0.25, 0.3) is 0 Å². The van der Waals surface area contributed by atoms with Gasteiger partial charge in [0.1, 0.15) is 7.11 Å². The highest BCUT2D eigenvalue weighted by Gasteiger charge is 2.20. The SMILES string of the molecule is CO/N=C(\CCB1OCCNCCO1)c1ccccc1. The van der Waals surface area contributed by atoms with Crippen LogP contribution in [0.1, 0.15) is 12.0 Å². The quantitative estimate of drug-likeness (QED) is 0.503. The third-order valence-electron chi connectivity index (χ3n) is 3.09. The van der Waals surface area contributed by atoms with Crippen LogP contribution < -0.4 is 5.32 Å². The van der Waals surface area contributed by atoms with E-state index >= 15 is 0 Å². The van der Waals surface area contributed by atoms with Gasteiger partial charge >= 0.3 is 7.12 Å². The smallest absolute Gasteiger partial charge is 0.410 e. The van der Waals surface area contributed by atoms with Crippen molar-refractivity contribution in [2.45, 2.75) is 12.7 Å². The highest BCUT2D eigenvalue weighted by atomic mass is 16.6. The van der Waals surface area contributed by atoms with Crippen molar-refractivity contribution >= 4 is 12.8 Å². The van der Waals surface area contributed by atoms with Crippen molar-refractivity contribution in [3.8, 4) is 0 Å². The molecule has 0 atom stereocenters. The molecule has 1 saturated heterocycles. The van der Waals surface area contributed by atoms with Crippen LogP contribution in [0.15, 0.2) is 35.5 Å². The Morgan fingerprint density at radius 1 is 1.25 bits per heavy atom. The predicted molar refractivity (Wildman–Crippen MR) is 79.9 cm³/mol. The Balaban J connectivity index is 1.90. The van der Waals surface area contributed by atoms with Crippen molar-refractivity contribution in [2.75, 3.05) is 33.4 Å². The molecule has 108 valence electrons. The Morgan fingerprint density at radius 2 is 1.95 bits per heavy atom. The van der Waals surface area contributed by atoms with Gasteiger partial charge in [-0.25, -0.2) is 0 Å². The van der Waals surface area contributed by atoms with Crippen molar-refractivity contribution < 1.29 is 14.1 Å². The summed E-state index contributed by atoms with van der Waals surface area (Å²) in [6.45, 7) is 3.09. The molecule has 0 amide bonds. The first kappa shape index (κ1) is 15.0. The predicted octanol–water partition coefficient (Wildman–Crippen LogP) is 1.55. The highest BCUT2D eigenvalue weighted by molar-refractivity contribution is 6.45. The first-order valence-electron chi connectivity index (χ1n) is 6.99. The van der Waals surface area contributed by atoms with Crippen LogP contribution in [0.2, 0.25) is 6.32 Å². The third-order valence-corrected chi connectivity index (χ3v) is 3.09. The van der Waals surface area contributed by atoms with Crippen molar-refractivity contribution in [3.63, 3.8) is 0 Å². The lowest BCUT2D eigenvalue weighted by Gasteiger charge is -2.18. The number of benzene rings is 1. The fourth-order valence-electron chi connectivity index (χ4n) is 2.10. The molecule has 1 aromatic rings. The van der Waals surface area contributed by atoms with E-state index in [0.29, 0.717) is 13.2 Å². The Hall–Kier alpha value is -1.37. The summed E-state index contributed by atoms with van der Waals surface area (Å²) in [4.78, 5) is 4.94. The van der Waals surface area contributed by atoms with Crippen LogP contribution in [0, 0.1) is 0 Å². The maximum absolute atomic E-state index is 5.67. The highest BCUT2D eigenvalue weighted by Crippen LogP contribution is 2.11. The molecule has 0 spiro atoms. The summed E-state index contributed by atoms with van der Waals surface area (Å²) in [6, 6.07) is 10.0. The fraction of sp³-hybridized carbons (Fsp3) is 0.500. The molecule has 6 heteroatoms. The molecule has 0 saturated carbocycles. The van der Waals surface area contributed by atoms with E-state index in [1.807, 2.05) is 30.3 Å². The standard InChI is InChI=1S/C14H21BN2O3/c1-18-17-14(13-5-3-2-4-6-13)7-8-15-19-11-9-16-10-12-20-15/h2-6,16H,7-12H2,1H3/b17-14+. The molecule has 1 aromatic carbocycles. The molecular formula is C14H21BN2O3. The first-order valence-corrected chi connectivity index (χ1v) is 6.99. The second-order valence-electron chi connectivity index (χ2n) is 4.55. The molecule has 1 N–H and O–H groups in total. The molecule has 0 aliphatic carbocycles. The average molecular weight is 276 g/mol. The van der Waals surface area contributed by atoms with Crippen LogP contribution >= 0.6 is 0 Å². The molecule has 1 heterocycles. The minimum atomic E-state index is -0.164. The molecule has 20 heavy (non-hydrogen) atoms. The van der Waals surface area contributed by atoms with Gasteiger partial charge in [0.2, 0.25) is 0 Å². The van der Waals surface area contributed by atoms with Gasteiger partial charge in [0.05, 0.1) is 5.71 Å². The normalized spacial score (nSPS) is 17.4. The van der Waals surface area contributed by atoms with Gasteiger partial charge < -0.3 is 19.5 Å². The van der Waals surface area contributed by atoms with Gasteiger partial charge in [-0.1, -0.05) is 35.5 Å². The summed E-state index contributed by atoms with van der Waals surface area (Å²) in [5.41, 5.74) is 1.99. The van der Waals surface area contributed by atoms with Gasteiger partial charge in [0.15, 0.2) is 0 Å². The van der Waals surface area contributed by atoms with Crippen molar-refractivity contribution in [1.29, 1.82) is 0 Å². The van der Waals surface area contributed by atoms with E-state index in [1.54, 1.807) is 7.11 Å². The Morgan fingerprint density at radius 3 is 2.60 bits per heavy atom. The lowest BCUT2D eigenvalue weighted by molar-refractivity contribution is 0.177. The lowest BCUT2D eigenvalue weighted by Crippen LogP contribution is -2.35. The summed E-state index contributed by atoms with van der Waals surface area (Å²) in [6.07, 6.45) is 1.53. The second-order valence-corrected chi connectivity index (χ2v) is 4.55. The summed E-state index contributed by atoms with van der Waals surface area (Å²) in [5.74, 6) is 0. The molecule has 1 fully saturated rings. The Kier molecular flexibility index (Phi) is 6.57. The molecule has 0 radical (unpaired) electrons. The number of nitrogens with one attached hydrogen (secondary N) is 1. The molecular weight excluding hydrogens is 255 g/mol. The molecule has 0 unspecified atom stereocenters. The van der Waals surface area contributed by atoms with Crippen molar-refractivity contribution in [3.05, 3.63) is 35.9 Å². The van der Waals surface area contributed by atoms with E-state index in [4.69, 9.17) is 14.1 Å². The van der Waals surface area contributed by atoms with Gasteiger partial charge in [-0.3, -0.25) is 0 Å². The Bertz CT molecular complexity index is 406. The minimum Gasteiger partial charge on any atom is -0.410 e. The number of hydrogen-bond acceptors (Lipinski definition) is 5. The van der Waals surface area contributed by atoms with E-state index in [0.717, 1.165) is 37.1 Å². The summed E-state index contributed by atoms with van der Waals surface area (Å²) in [7, 11) is 1.40. The van der Waals surface area contributed by atoms with E-state index in [2.05, 4.69) is 10.5 Å². The van der Waals surface area contributed by atoms with Gasteiger partial charge in [-0.05, 0) is 18.3 Å². The van der Waals surface area contributed by atoms with Crippen molar-refractivity contribution in [1.82, 2.24) is 5.32 Å². The van der Waals surface area contributed by atoms with Gasteiger partial charge in [-0.15, -0.1) is 0 Å². The van der Waals surface area contributed by atoms with Crippen LogP contribution in [0.25, 0.3) is 0 Å². The average Bonchev–Trinajstić information content (AvgIpc) is 2.46. The minimum absolute atomic E-state index is 0.164. The summed E-state index contributed by atoms with van der Waals surface area (Å²) < 4.78 is 11.3. The summed E-state index contributed by atoms with van der Waals surface area (Å²) in [5, 5.41) is 7.34. The monoisotopic (exact) mass is 276 g/mol. The van der Waals surface area contributed by atoms with E-state index in [1.165, 1.54) is 0 Å². The van der Waals surface area contributed by atoms with Crippen LogP contribution in [0.3, 0.4) is 0 Å². The van der Waals surface area contributed by atoms with E-state index in [-0.39, 0.29) is 7.12 Å². The maximum atomic E-state index is 5.67. The molecule has 0 bridgehead atoms. The zero-order chi connectivity index (χ0) is 14.0. The fourth-order valence-corrected chi connectivity index (χ4v) is 2.10. The van der Waals surface area contributed by atoms with Crippen LogP contribution in [0.4, 0.5) is 0 Å². The van der Waals surface area contributed by atoms with E-state index in [9.17, 15) is 0 Å². The summed E-state index contributed by atoms with van der Waals surface area (Å²) >= 11 is 0. The number of nitrogens with zero attached hydrogens (tertiary/aromatic N) is 1. The zero-order valence-corrected chi connectivity index (χ0v) is 11.9. The zero-order valence-electron chi connectivity index (χ0n) is 11.9.